The van der Waals surface area contributed by atoms with E-state index in [1.165, 1.54) is 23.5 Å². The van der Waals surface area contributed by atoms with Crippen molar-refractivity contribution in [1.82, 2.24) is 0 Å². The average Bonchev–Trinajstić information content (AvgIpc) is 3.01. The number of carboxylic acids is 1. The zero-order chi connectivity index (χ0) is 22.2. The summed E-state index contributed by atoms with van der Waals surface area (Å²) in [7, 11) is 0. The van der Waals surface area contributed by atoms with Crippen LogP contribution in [0.1, 0.15) is 18.4 Å². The van der Waals surface area contributed by atoms with Crippen molar-refractivity contribution in [1.29, 1.82) is 0 Å². The third kappa shape index (κ3) is 7.10. The van der Waals surface area contributed by atoms with Crippen LogP contribution in [0.15, 0.2) is 54.6 Å². The average molecular weight is 461 g/mol. The number of thioether (sulfide) groups is 2. The standard InChI is InChI=1S/C24H28O5S2/c25-19(13-16-6-7-17-4-1-2-5-18(17)12-16)8-9-20-21(26)14-22(27)24(20)31-11-3-10-30-15-23(28)29/h1-2,4-9,12,19-21,24-26H,3,10-11,13-15H2,(H,28,29)/b9-8+/t19?,20-,21+,24+/m0/s1. The summed E-state index contributed by atoms with van der Waals surface area (Å²) in [4.78, 5) is 22.8. The molecule has 7 heteroatoms. The van der Waals surface area contributed by atoms with Gasteiger partial charge in [0, 0.05) is 18.8 Å². The van der Waals surface area contributed by atoms with E-state index >= 15 is 0 Å². The molecule has 0 spiro atoms. The predicted molar refractivity (Wildman–Crippen MR) is 128 cm³/mol. The number of carbonyl (C=O) groups excluding carboxylic acids is 1. The number of fused-ring (bicyclic) bond motifs is 1. The van der Waals surface area contributed by atoms with Crippen LogP contribution in [0.5, 0.6) is 0 Å². The first-order valence-electron chi connectivity index (χ1n) is 10.4. The van der Waals surface area contributed by atoms with Gasteiger partial charge in [0.2, 0.25) is 0 Å². The largest absolute Gasteiger partial charge is 0.481 e. The number of rotatable bonds is 11. The number of aliphatic hydroxyl groups excluding tert-OH is 2. The lowest BCUT2D eigenvalue weighted by atomic mass is 10.0. The second-order valence-electron chi connectivity index (χ2n) is 7.74. The Kier molecular flexibility index (Phi) is 9.02. The molecule has 3 rings (SSSR count). The number of carbonyl (C=O) groups is 2. The van der Waals surface area contributed by atoms with Crippen LogP contribution in [-0.4, -0.2) is 61.8 Å². The first kappa shape index (κ1) is 23.9. The van der Waals surface area contributed by atoms with Crippen molar-refractivity contribution in [3.8, 4) is 0 Å². The molecule has 5 nitrogen and oxygen atoms in total. The minimum atomic E-state index is -0.820. The van der Waals surface area contributed by atoms with Crippen LogP contribution in [0.25, 0.3) is 10.8 Å². The van der Waals surface area contributed by atoms with Crippen LogP contribution >= 0.6 is 23.5 Å². The Morgan fingerprint density at radius 2 is 1.94 bits per heavy atom. The van der Waals surface area contributed by atoms with Gasteiger partial charge in [-0.25, -0.2) is 0 Å². The van der Waals surface area contributed by atoms with Gasteiger partial charge in [-0.15, -0.1) is 11.8 Å². The summed E-state index contributed by atoms with van der Waals surface area (Å²) in [5, 5.41) is 31.4. The van der Waals surface area contributed by atoms with Gasteiger partial charge in [-0.05, 0) is 34.3 Å². The Balaban J connectivity index is 1.52. The summed E-state index contributed by atoms with van der Waals surface area (Å²) in [6, 6.07) is 14.2. The van der Waals surface area contributed by atoms with Crippen molar-refractivity contribution in [2.24, 2.45) is 5.92 Å². The van der Waals surface area contributed by atoms with Gasteiger partial charge >= 0.3 is 5.97 Å². The van der Waals surface area contributed by atoms with Gasteiger partial charge in [0.25, 0.3) is 0 Å². The Morgan fingerprint density at radius 1 is 1.16 bits per heavy atom. The van der Waals surface area contributed by atoms with Gasteiger partial charge in [0.1, 0.15) is 5.78 Å². The van der Waals surface area contributed by atoms with Gasteiger partial charge in [-0.1, -0.05) is 54.6 Å². The molecule has 2 aromatic rings. The lowest BCUT2D eigenvalue weighted by molar-refractivity contribution is -0.133. The molecule has 3 N–H and O–H groups in total. The smallest absolute Gasteiger partial charge is 0.313 e. The number of hydrogen-bond donors (Lipinski definition) is 3. The van der Waals surface area contributed by atoms with Crippen LogP contribution < -0.4 is 0 Å². The quantitative estimate of drug-likeness (QED) is 0.349. The van der Waals surface area contributed by atoms with Crippen LogP contribution in [0.4, 0.5) is 0 Å². The maximum atomic E-state index is 12.3. The summed E-state index contributed by atoms with van der Waals surface area (Å²) in [5.74, 6) is 0.462. The zero-order valence-corrected chi connectivity index (χ0v) is 18.9. The maximum absolute atomic E-state index is 12.3. The van der Waals surface area contributed by atoms with Crippen molar-refractivity contribution < 1.29 is 24.9 Å². The van der Waals surface area contributed by atoms with Crippen LogP contribution in [0, 0.1) is 5.92 Å². The molecule has 0 bridgehead atoms. The van der Waals surface area contributed by atoms with E-state index in [0.29, 0.717) is 6.42 Å². The van der Waals surface area contributed by atoms with Gasteiger partial charge in [-0.2, -0.15) is 11.8 Å². The lowest BCUT2D eigenvalue weighted by Crippen LogP contribution is -2.22. The molecule has 0 heterocycles. The number of benzene rings is 2. The molecule has 31 heavy (non-hydrogen) atoms. The Bertz CT molecular complexity index is 929. The summed E-state index contributed by atoms with van der Waals surface area (Å²) < 4.78 is 0. The highest BCUT2D eigenvalue weighted by Gasteiger charge is 2.40. The molecular weight excluding hydrogens is 432 g/mol. The van der Waals surface area contributed by atoms with E-state index in [1.54, 1.807) is 12.2 Å². The highest BCUT2D eigenvalue weighted by molar-refractivity contribution is 8.01. The van der Waals surface area contributed by atoms with E-state index in [9.17, 15) is 19.8 Å². The summed E-state index contributed by atoms with van der Waals surface area (Å²) in [6.45, 7) is 0. The molecule has 2 aromatic carbocycles. The molecule has 1 aliphatic carbocycles. The topological polar surface area (TPSA) is 94.8 Å². The second kappa shape index (κ2) is 11.7. The molecule has 166 valence electrons. The molecule has 0 amide bonds. The number of aliphatic hydroxyl groups is 2. The monoisotopic (exact) mass is 460 g/mol. The van der Waals surface area contributed by atoms with Crippen molar-refractivity contribution >= 4 is 46.0 Å². The zero-order valence-electron chi connectivity index (χ0n) is 17.2. The fourth-order valence-electron chi connectivity index (χ4n) is 3.77. The van der Waals surface area contributed by atoms with Gasteiger partial charge in [0.05, 0.1) is 23.2 Å². The molecule has 0 aliphatic heterocycles. The van der Waals surface area contributed by atoms with Crippen molar-refractivity contribution in [2.75, 3.05) is 17.3 Å². The molecule has 1 fully saturated rings. The first-order valence-corrected chi connectivity index (χ1v) is 12.6. The lowest BCUT2D eigenvalue weighted by Gasteiger charge is -2.17. The van der Waals surface area contributed by atoms with Crippen molar-refractivity contribution in [3.05, 3.63) is 60.2 Å². The summed E-state index contributed by atoms with van der Waals surface area (Å²) >= 11 is 2.88. The Hall–Kier alpha value is -1.80. The predicted octanol–water partition coefficient (Wildman–Crippen LogP) is 3.56. The fourth-order valence-corrected chi connectivity index (χ4v) is 5.96. The summed E-state index contributed by atoms with van der Waals surface area (Å²) in [6.07, 6.45) is 3.48. The molecule has 0 radical (unpaired) electrons. The third-order valence-electron chi connectivity index (χ3n) is 5.29. The highest BCUT2D eigenvalue weighted by atomic mass is 32.2. The number of ketones is 1. The SMILES string of the molecule is O=C(O)CSCCCS[C@H]1C(=O)C[C@@H](O)[C@@H]1/C=C/C(O)Cc1ccc2ccccc2c1. The van der Waals surface area contributed by atoms with E-state index in [1.807, 2.05) is 30.3 Å². The molecule has 1 aliphatic rings. The van der Waals surface area contributed by atoms with Crippen LogP contribution in [0.3, 0.4) is 0 Å². The van der Waals surface area contributed by atoms with E-state index < -0.39 is 18.2 Å². The number of carboxylic acid groups (broad SMARTS) is 1. The van der Waals surface area contributed by atoms with E-state index in [2.05, 4.69) is 12.1 Å². The van der Waals surface area contributed by atoms with Crippen molar-refractivity contribution in [2.45, 2.75) is 36.7 Å². The number of Topliss-reactive ketones (excluding diaryl/α,β-unsaturated/α-hetero) is 1. The normalized spacial score (nSPS) is 22.4. The van der Waals surface area contributed by atoms with Crippen LogP contribution in [-0.2, 0) is 16.0 Å². The molecule has 0 saturated heterocycles. The van der Waals surface area contributed by atoms with Crippen molar-refractivity contribution in [3.63, 3.8) is 0 Å². The second-order valence-corrected chi connectivity index (χ2v) is 10.1. The Labute approximate surface area is 190 Å². The highest BCUT2D eigenvalue weighted by Crippen LogP contribution is 2.34. The van der Waals surface area contributed by atoms with E-state index in [4.69, 9.17) is 5.11 Å². The van der Waals surface area contributed by atoms with Gasteiger partial charge < -0.3 is 15.3 Å². The fraction of sp³-hybridized carbons (Fsp3) is 0.417. The van der Waals surface area contributed by atoms with E-state index in [-0.39, 0.29) is 29.1 Å². The minimum Gasteiger partial charge on any atom is -0.481 e. The minimum absolute atomic E-state index is 0.0364. The van der Waals surface area contributed by atoms with Crippen LogP contribution in [0.2, 0.25) is 0 Å². The summed E-state index contributed by atoms with van der Waals surface area (Å²) in [5.41, 5.74) is 1.03. The maximum Gasteiger partial charge on any atom is 0.313 e. The Morgan fingerprint density at radius 3 is 2.71 bits per heavy atom. The molecular formula is C24H28O5S2. The van der Waals surface area contributed by atoms with Gasteiger partial charge in [0.15, 0.2) is 0 Å². The molecule has 4 atom stereocenters. The number of aliphatic carboxylic acids is 1. The third-order valence-corrected chi connectivity index (χ3v) is 7.78. The molecule has 1 unspecified atom stereocenters. The molecule has 1 saturated carbocycles. The van der Waals surface area contributed by atoms with E-state index in [0.717, 1.165) is 34.3 Å². The molecule has 0 aromatic heterocycles. The number of hydrogen-bond acceptors (Lipinski definition) is 6. The first-order chi connectivity index (χ1) is 14.9. The van der Waals surface area contributed by atoms with Gasteiger partial charge in [-0.3, -0.25) is 9.59 Å².